The van der Waals surface area contributed by atoms with Crippen LogP contribution in [-0.2, 0) is 16.2 Å². The Morgan fingerprint density at radius 1 is 1.11 bits per heavy atom. The molecule has 0 atom stereocenters. The van der Waals surface area contributed by atoms with Gasteiger partial charge in [0.1, 0.15) is 4.90 Å². The van der Waals surface area contributed by atoms with E-state index in [0.717, 1.165) is 0 Å². The monoisotopic (exact) mass is 405 g/mol. The zero-order valence-electron chi connectivity index (χ0n) is 8.68. The molecule has 0 radical (unpaired) electrons. The number of hydrogen-bond acceptors (Lipinski definition) is 8. The van der Waals surface area contributed by atoms with Crippen LogP contribution in [0, 0.1) is 23.8 Å². The van der Waals surface area contributed by atoms with Crippen LogP contribution < -0.4 is 5.14 Å². The first-order valence-electron chi connectivity index (χ1n) is 4.10. The largest absolute Gasteiger partial charge is 0.349 e. The Balaban J connectivity index is 3.98. The number of sulfonamides is 1. The summed E-state index contributed by atoms with van der Waals surface area (Å²) in [5, 5.41) is 25.9. The van der Waals surface area contributed by atoms with Crippen molar-refractivity contribution in [3.05, 3.63) is 35.9 Å². The maximum Gasteiger partial charge on any atom is 0.349 e. The lowest BCUT2D eigenvalue weighted by molar-refractivity contribution is -0.395. The molecule has 0 amide bonds. The number of primary sulfonamides is 1. The standard InChI is InChI=1S/C6H4IN3O8S/c8-19(17,18)5-2-3(9(13)14)1-4(10(15)16)6(5)7(11)12/h1-2H,(H2,8,17,18). The van der Waals surface area contributed by atoms with Crippen LogP contribution in [0.25, 0.3) is 0 Å². The lowest BCUT2D eigenvalue weighted by Gasteiger charge is -2.02. The van der Waals surface area contributed by atoms with Gasteiger partial charge in [0.2, 0.25) is 10.0 Å². The molecule has 1 rings (SSSR count). The van der Waals surface area contributed by atoms with Crippen LogP contribution in [0.4, 0.5) is 11.4 Å². The quantitative estimate of drug-likeness (QED) is 0.427. The van der Waals surface area contributed by atoms with Crippen LogP contribution in [0.15, 0.2) is 17.0 Å². The van der Waals surface area contributed by atoms with Gasteiger partial charge in [-0.05, 0) is 0 Å². The molecule has 0 aliphatic rings. The SMILES string of the molecule is NS(=O)(=O)c1cc([N+](=O)[O-])cc([N+](=O)[O-])c1I(=O)=O. The van der Waals surface area contributed by atoms with Crippen molar-refractivity contribution in [1.82, 2.24) is 0 Å². The molecular formula is C6H4IN3O8S. The number of benzene rings is 1. The summed E-state index contributed by atoms with van der Waals surface area (Å²) in [5.74, 6) is 0. The third kappa shape index (κ3) is 3.18. The highest BCUT2D eigenvalue weighted by molar-refractivity contribution is 14.2. The van der Waals surface area contributed by atoms with E-state index in [9.17, 15) is 34.8 Å². The molecule has 0 fully saturated rings. The van der Waals surface area contributed by atoms with Gasteiger partial charge in [-0.2, -0.15) is 0 Å². The topological polar surface area (TPSA) is 181 Å². The summed E-state index contributed by atoms with van der Waals surface area (Å²) in [6.07, 6.45) is 0. The van der Waals surface area contributed by atoms with E-state index in [4.69, 9.17) is 5.14 Å². The summed E-state index contributed by atoms with van der Waals surface area (Å²) < 4.78 is 43.3. The van der Waals surface area contributed by atoms with Crippen molar-refractivity contribution < 1.29 is 24.4 Å². The Hall–Kier alpha value is -1.74. The third-order valence-electron chi connectivity index (χ3n) is 1.87. The molecule has 11 nitrogen and oxygen atoms in total. The summed E-state index contributed by atoms with van der Waals surface area (Å²) in [6.45, 7) is 0. The fourth-order valence-electron chi connectivity index (χ4n) is 1.17. The summed E-state index contributed by atoms with van der Waals surface area (Å²) in [5.41, 5.74) is -2.13. The van der Waals surface area contributed by atoms with Gasteiger partial charge in [0.15, 0.2) is 3.57 Å². The second-order valence-electron chi connectivity index (χ2n) is 3.05. The number of non-ortho nitro benzene ring substituents is 1. The molecule has 19 heavy (non-hydrogen) atoms. The Bertz CT molecular complexity index is 744. The number of nitrogens with two attached hydrogens (primary N) is 1. The molecule has 2 N–H and O–H groups in total. The number of nitrogens with zero attached hydrogens (tertiary/aromatic N) is 2. The molecule has 0 aromatic heterocycles. The van der Waals surface area contributed by atoms with Gasteiger partial charge >= 0.3 is 19.8 Å². The third-order valence-corrected chi connectivity index (χ3v) is 5.19. The fourth-order valence-corrected chi connectivity index (χ4v) is 4.55. The lowest BCUT2D eigenvalue weighted by atomic mass is 10.3. The predicted molar refractivity (Wildman–Crippen MR) is 65.2 cm³/mol. The van der Waals surface area contributed by atoms with Crippen molar-refractivity contribution in [2.24, 2.45) is 5.14 Å². The molecule has 13 heteroatoms. The average Bonchev–Trinajstić information content (AvgIpc) is 2.25. The lowest BCUT2D eigenvalue weighted by Crippen LogP contribution is -2.15. The summed E-state index contributed by atoms with van der Waals surface area (Å²) in [7, 11) is -4.66. The smallest absolute Gasteiger partial charge is 0.258 e. The highest BCUT2D eigenvalue weighted by Crippen LogP contribution is 2.36. The molecule has 0 aliphatic carbocycles. The number of nitro groups is 2. The first-order valence-corrected chi connectivity index (χ1v) is 8.49. The van der Waals surface area contributed by atoms with Crippen LogP contribution in [0.3, 0.4) is 0 Å². The van der Waals surface area contributed by atoms with Crippen molar-refractivity contribution in [3.8, 4) is 0 Å². The number of halogens is 1. The zero-order valence-corrected chi connectivity index (χ0v) is 11.7. The van der Waals surface area contributed by atoms with E-state index in [-0.39, 0.29) is 0 Å². The maximum absolute atomic E-state index is 11.2. The van der Waals surface area contributed by atoms with Crippen molar-refractivity contribution >= 4 is 41.2 Å². The Morgan fingerprint density at radius 3 is 1.95 bits per heavy atom. The molecule has 0 spiro atoms. The van der Waals surface area contributed by atoms with Crippen LogP contribution in [0.1, 0.15) is 0 Å². The van der Waals surface area contributed by atoms with Crippen LogP contribution in [-0.4, -0.2) is 18.3 Å². The van der Waals surface area contributed by atoms with Gasteiger partial charge in [-0.1, -0.05) is 0 Å². The first-order chi connectivity index (χ1) is 8.55. The van der Waals surface area contributed by atoms with E-state index in [0.29, 0.717) is 12.1 Å². The highest BCUT2D eigenvalue weighted by Gasteiger charge is 2.32. The van der Waals surface area contributed by atoms with Crippen LogP contribution >= 0.6 is 19.8 Å². The molecule has 0 saturated carbocycles. The molecule has 0 heterocycles. The molecular weight excluding hydrogens is 401 g/mol. The Labute approximate surface area is 111 Å². The molecule has 0 bridgehead atoms. The zero-order chi connectivity index (χ0) is 15.0. The second-order valence-corrected chi connectivity index (χ2v) is 6.90. The van der Waals surface area contributed by atoms with Gasteiger partial charge in [0, 0.05) is 6.07 Å². The van der Waals surface area contributed by atoms with E-state index in [1.165, 1.54) is 0 Å². The van der Waals surface area contributed by atoms with Gasteiger partial charge in [0.05, 0.1) is 15.9 Å². The van der Waals surface area contributed by atoms with E-state index in [2.05, 4.69) is 0 Å². The van der Waals surface area contributed by atoms with Crippen LogP contribution in [0.5, 0.6) is 0 Å². The van der Waals surface area contributed by atoms with E-state index < -0.39 is 59.5 Å². The predicted octanol–water partition coefficient (Wildman–Crippen LogP) is 0.517. The molecule has 1 aromatic carbocycles. The highest BCUT2D eigenvalue weighted by atomic mass is 127. The normalized spacial score (nSPS) is 11.5. The number of rotatable bonds is 4. The number of hydrogen-bond donors (Lipinski definition) is 1. The van der Waals surface area contributed by atoms with Crippen molar-refractivity contribution in [3.63, 3.8) is 0 Å². The summed E-state index contributed by atoms with van der Waals surface area (Å²) in [6, 6.07) is 0.738. The van der Waals surface area contributed by atoms with E-state index >= 15 is 0 Å². The van der Waals surface area contributed by atoms with E-state index in [1.54, 1.807) is 0 Å². The van der Waals surface area contributed by atoms with Gasteiger partial charge in [-0.15, -0.1) is 0 Å². The minimum Gasteiger partial charge on any atom is -0.258 e. The first kappa shape index (κ1) is 15.3. The van der Waals surface area contributed by atoms with Gasteiger partial charge in [-0.25, -0.2) is 19.7 Å². The molecule has 1 aromatic rings. The van der Waals surface area contributed by atoms with Gasteiger partial charge < -0.3 is 0 Å². The van der Waals surface area contributed by atoms with Crippen molar-refractivity contribution in [2.75, 3.05) is 0 Å². The average molecular weight is 405 g/mol. The summed E-state index contributed by atoms with van der Waals surface area (Å²) >= 11 is -4.62. The maximum atomic E-state index is 11.2. The Morgan fingerprint density at radius 2 is 1.63 bits per heavy atom. The minimum absolute atomic E-state index is 0.365. The van der Waals surface area contributed by atoms with Gasteiger partial charge in [-0.3, -0.25) is 20.2 Å². The molecule has 0 unspecified atom stereocenters. The summed E-state index contributed by atoms with van der Waals surface area (Å²) in [4.78, 5) is 17.7. The minimum atomic E-state index is -4.66. The fraction of sp³-hybridized carbons (Fsp3) is 0. The van der Waals surface area contributed by atoms with E-state index in [1.807, 2.05) is 0 Å². The molecule has 104 valence electrons. The second kappa shape index (κ2) is 5.10. The number of nitro benzene ring substituents is 2. The van der Waals surface area contributed by atoms with Gasteiger partial charge in [0.25, 0.3) is 11.4 Å². The Kier molecular flexibility index (Phi) is 4.11. The molecule has 0 aliphatic heterocycles. The molecule has 0 saturated heterocycles. The van der Waals surface area contributed by atoms with Crippen molar-refractivity contribution in [1.29, 1.82) is 0 Å². The van der Waals surface area contributed by atoms with Crippen molar-refractivity contribution in [2.45, 2.75) is 4.90 Å². The van der Waals surface area contributed by atoms with Crippen LogP contribution in [0.2, 0.25) is 0 Å².